The number of hydrogen-bond acceptors (Lipinski definition) is 2. The van der Waals surface area contributed by atoms with Crippen molar-refractivity contribution in [2.45, 2.75) is 32.7 Å². The van der Waals surface area contributed by atoms with E-state index in [1.807, 2.05) is 18.3 Å². The maximum atomic E-state index is 4.29. The number of unbranched alkanes of at least 4 members (excludes halogenated alkanes) is 1. The van der Waals surface area contributed by atoms with Crippen molar-refractivity contribution in [1.82, 2.24) is 10.3 Å². The molecule has 1 N–H and O–H groups in total. The van der Waals surface area contributed by atoms with Crippen LogP contribution >= 0.6 is 0 Å². The zero-order valence-corrected chi connectivity index (χ0v) is 8.46. The molecular formula is C11H18N2. The SMILES string of the molecule is CCCCN[C@H](C)c1ccccn1. The summed E-state index contributed by atoms with van der Waals surface area (Å²) in [4.78, 5) is 4.29. The van der Waals surface area contributed by atoms with Gasteiger partial charge in [-0.3, -0.25) is 4.98 Å². The summed E-state index contributed by atoms with van der Waals surface area (Å²) in [5.74, 6) is 0. The lowest BCUT2D eigenvalue weighted by molar-refractivity contribution is 0.544. The summed E-state index contributed by atoms with van der Waals surface area (Å²) in [7, 11) is 0. The molecule has 0 saturated heterocycles. The summed E-state index contributed by atoms with van der Waals surface area (Å²) in [5, 5.41) is 3.44. The van der Waals surface area contributed by atoms with E-state index in [1.165, 1.54) is 12.8 Å². The van der Waals surface area contributed by atoms with Gasteiger partial charge in [0.05, 0.1) is 5.69 Å². The Morgan fingerprint density at radius 1 is 1.46 bits per heavy atom. The molecule has 2 heteroatoms. The molecule has 1 rings (SSSR count). The molecule has 1 atom stereocenters. The number of rotatable bonds is 5. The smallest absolute Gasteiger partial charge is 0.0570 e. The summed E-state index contributed by atoms with van der Waals surface area (Å²) in [6.07, 6.45) is 4.31. The Balaban J connectivity index is 2.35. The van der Waals surface area contributed by atoms with Crippen LogP contribution in [-0.4, -0.2) is 11.5 Å². The molecule has 0 unspecified atom stereocenters. The molecular weight excluding hydrogens is 160 g/mol. The lowest BCUT2D eigenvalue weighted by Gasteiger charge is -2.12. The van der Waals surface area contributed by atoms with Gasteiger partial charge in [-0.05, 0) is 32.0 Å². The van der Waals surface area contributed by atoms with E-state index in [2.05, 4.69) is 30.2 Å². The number of aromatic nitrogens is 1. The van der Waals surface area contributed by atoms with Crippen LogP contribution in [0.5, 0.6) is 0 Å². The van der Waals surface area contributed by atoms with Crippen LogP contribution in [-0.2, 0) is 0 Å². The second-order valence-corrected chi connectivity index (χ2v) is 3.28. The van der Waals surface area contributed by atoms with Crippen molar-refractivity contribution in [3.05, 3.63) is 30.1 Å². The van der Waals surface area contributed by atoms with E-state index >= 15 is 0 Å². The molecule has 0 bridgehead atoms. The van der Waals surface area contributed by atoms with E-state index in [9.17, 15) is 0 Å². The van der Waals surface area contributed by atoms with Gasteiger partial charge in [0.1, 0.15) is 0 Å². The van der Waals surface area contributed by atoms with Gasteiger partial charge in [0.2, 0.25) is 0 Å². The minimum atomic E-state index is 0.368. The molecule has 1 aromatic rings. The minimum absolute atomic E-state index is 0.368. The van der Waals surface area contributed by atoms with Crippen molar-refractivity contribution >= 4 is 0 Å². The van der Waals surface area contributed by atoms with E-state index < -0.39 is 0 Å². The van der Waals surface area contributed by atoms with Crippen molar-refractivity contribution in [3.63, 3.8) is 0 Å². The molecule has 1 aromatic heterocycles. The molecule has 13 heavy (non-hydrogen) atoms. The fourth-order valence-corrected chi connectivity index (χ4v) is 1.23. The Bertz CT molecular complexity index is 221. The van der Waals surface area contributed by atoms with Crippen molar-refractivity contribution in [1.29, 1.82) is 0 Å². The second-order valence-electron chi connectivity index (χ2n) is 3.28. The predicted octanol–water partition coefficient (Wildman–Crippen LogP) is 2.53. The van der Waals surface area contributed by atoms with E-state index in [4.69, 9.17) is 0 Å². The highest BCUT2D eigenvalue weighted by Gasteiger charge is 2.03. The highest BCUT2D eigenvalue weighted by atomic mass is 14.9. The maximum absolute atomic E-state index is 4.29. The first-order valence-electron chi connectivity index (χ1n) is 4.99. The van der Waals surface area contributed by atoms with Gasteiger partial charge in [0, 0.05) is 12.2 Å². The fraction of sp³-hybridized carbons (Fsp3) is 0.545. The van der Waals surface area contributed by atoms with Crippen molar-refractivity contribution in [3.8, 4) is 0 Å². The van der Waals surface area contributed by atoms with E-state index in [0.29, 0.717) is 6.04 Å². The molecule has 0 fully saturated rings. The number of nitrogens with one attached hydrogen (secondary N) is 1. The first kappa shape index (κ1) is 10.2. The van der Waals surface area contributed by atoms with Gasteiger partial charge < -0.3 is 5.32 Å². The summed E-state index contributed by atoms with van der Waals surface area (Å²) in [5.41, 5.74) is 1.12. The van der Waals surface area contributed by atoms with Crippen LogP contribution in [0, 0.1) is 0 Å². The first-order valence-corrected chi connectivity index (χ1v) is 4.99. The highest BCUT2D eigenvalue weighted by Crippen LogP contribution is 2.07. The highest BCUT2D eigenvalue weighted by molar-refractivity contribution is 5.07. The van der Waals surface area contributed by atoms with Crippen molar-refractivity contribution in [2.75, 3.05) is 6.54 Å². The molecule has 0 saturated carbocycles. The third kappa shape index (κ3) is 3.55. The van der Waals surface area contributed by atoms with E-state index in [1.54, 1.807) is 0 Å². The average Bonchev–Trinajstić information content (AvgIpc) is 2.19. The normalized spacial score (nSPS) is 12.8. The Morgan fingerprint density at radius 3 is 2.92 bits per heavy atom. The molecule has 0 aromatic carbocycles. The van der Waals surface area contributed by atoms with Crippen LogP contribution in [0.2, 0.25) is 0 Å². The van der Waals surface area contributed by atoms with Gasteiger partial charge in [-0.25, -0.2) is 0 Å². The topological polar surface area (TPSA) is 24.9 Å². The van der Waals surface area contributed by atoms with Crippen molar-refractivity contribution in [2.24, 2.45) is 0 Å². The largest absolute Gasteiger partial charge is 0.309 e. The first-order chi connectivity index (χ1) is 6.34. The molecule has 1 heterocycles. The second kappa shape index (κ2) is 5.70. The third-order valence-corrected chi connectivity index (χ3v) is 2.11. The van der Waals surface area contributed by atoms with Crippen molar-refractivity contribution < 1.29 is 0 Å². The monoisotopic (exact) mass is 178 g/mol. The van der Waals surface area contributed by atoms with Gasteiger partial charge >= 0.3 is 0 Å². The van der Waals surface area contributed by atoms with Gasteiger partial charge in [-0.2, -0.15) is 0 Å². The van der Waals surface area contributed by atoms with Gasteiger partial charge in [0.15, 0.2) is 0 Å². The zero-order valence-electron chi connectivity index (χ0n) is 8.46. The molecule has 72 valence electrons. The maximum Gasteiger partial charge on any atom is 0.0570 e. The Kier molecular flexibility index (Phi) is 4.47. The predicted molar refractivity (Wildman–Crippen MR) is 55.6 cm³/mol. The number of pyridine rings is 1. The molecule has 0 aliphatic rings. The quantitative estimate of drug-likeness (QED) is 0.701. The van der Waals surface area contributed by atoms with E-state index in [-0.39, 0.29) is 0 Å². The summed E-state index contributed by atoms with van der Waals surface area (Å²) < 4.78 is 0. The van der Waals surface area contributed by atoms with Crippen LogP contribution in [0.3, 0.4) is 0 Å². The summed E-state index contributed by atoms with van der Waals surface area (Å²) >= 11 is 0. The minimum Gasteiger partial charge on any atom is -0.309 e. The molecule has 2 nitrogen and oxygen atoms in total. The lowest BCUT2D eigenvalue weighted by atomic mass is 10.2. The summed E-state index contributed by atoms with van der Waals surface area (Å²) in [6, 6.07) is 6.40. The average molecular weight is 178 g/mol. The van der Waals surface area contributed by atoms with Gasteiger partial charge in [-0.15, -0.1) is 0 Å². The van der Waals surface area contributed by atoms with Gasteiger partial charge in [-0.1, -0.05) is 19.4 Å². The van der Waals surface area contributed by atoms with Gasteiger partial charge in [0.25, 0.3) is 0 Å². The summed E-state index contributed by atoms with van der Waals surface area (Å²) in [6.45, 7) is 5.43. The third-order valence-electron chi connectivity index (χ3n) is 2.11. The Morgan fingerprint density at radius 2 is 2.31 bits per heavy atom. The Hall–Kier alpha value is -0.890. The lowest BCUT2D eigenvalue weighted by Crippen LogP contribution is -2.20. The van der Waals surface area contributed by atoms with Crippen LogP contribution < -0.4 is 5.32 Å². The fourth-order valence-electron chi connectivity index (χ4n) is 1.23. The van der Waals surface area contributed by atoms with Crippen LogP contribution in [0.15, 0.2) is 24.4 Å². The molecule has 0 aliphatic carbocycles. The zero-order chi connectivity index (χ0) is 9.52. The molecule has 0 amide bonds. The van der Waals surface area contributed by atoms with Crippen LogP contribution in [0.25, 0.3) is 0 Å². The molecule has 0 radical (unpaired) electrons. The molecule has 0 aliphatic heterocycles. The van der Waals surface area contributed by atoms with Crippen LogP contribution in [0.4, 0.5) is 0 Å². The number of nitrogens with zero attached hydrogens (tertiary/aromatic N) is 1. The van der Waals surface area contributed by atoms with E-state index in [0.717, 1.165) is 12.2 Å². The Labute approximate surface area is 80.4 Å². The molecule has 0 spiro atoms. The number of hydrogen-bond donors (Lipinski definition) is 1. The van der Waals surface area contributed by atoms with Crippen LogP contribution in [0.1, 0.15) is 38.4 Å². The standard InChI is InChI=1S/C11H18N2/c1-3-4-8-12-10(2)11-7-5-6-9-13-11/h5-7,9-10,12H,3-4,8H2,1-2H3/t10-/m1/s1.